The van der Waals surface area contributed by atoms with Crippen molar-refractivity contribution in [2.75, 3.05) is 5.32 Å². The van der Waals surface area contributed by atoms with Crippen molar-refractivity contribution in [2.45, 2.75) is 13.5 Å². The van der Waals surface area contributed by atoms with Crippen LogP contribution in [0.25, 0.3) is 0 Å². The zero-order valence-corrected chi connectivity index (χ0v) is 9.83. The molecule has 0 aliphatic rings. The third-order valence-corrected chi connectivity index (χ3v) is 2.82. The number of aryl methyl sites for hydroxylation is 1. The largest absolute Gasteiger partial charge is 0.381 e. The van der Waals surface area contributed by atoms with Crippen molar-refractivity contribution in [1.82, 2.24) is 4.98 Å². The Morgan fingerprint density at radius 3 is 2.81 bits per heavy atom. The molecule has 2 nitrogen and oxygen atoms in total. The van der Waals surface area contributed by atoms with Crippen molar-refractivity contribution in [3.63, 3.8) is 0 Å². The van der Waals surface area contributed by atoms with Gasteiger partial charge in [-0.1, -0.05) is 29.8 Å². The minimum atomic E-state index is 0.727. The van der Waals surface area contributed by atoms with Gasteiger partial charge in [0.1, 0.15) is 0 Å². The van der Waals surface area contributed by atoms with Gasteiger partial charge in [-0.2, -0.15) is 0 Å². The fourth-order valence-corrected chi connectivity index (χ4v) is 1.71. The van der Waals surface area contributed by atoms with Gasteiger partial charge in [0.2, 0.25) is 0 Å². The van der Waals surface area contributed by atoms with E-state index in [0.717, 1.165) is 28.4 Å². The number of hydrogen-bond donors (Lipinski definition) is 1. The average Bonchev–Trinajstić information content (AvgIpc) is 2.30. The Balaban J connectivity index is 2.09. The minimum absolute atomic E-state index is 0.727. The Bertz CT molecular complexity index is 437. The number of nitrogens with one attached hydrogen (secondary N) is 1. The minimum Gasteiger partial charge on any atom is -0.381 e. The maximum absolute atomic E-state index is 6.08. The van der Waals surface area contributed by atoms with Gasteiger partial charge in [0.05, 0.1) is 0 Å². The topological polar surface area (TPSA) is 24.9 Å². The van der Waals surface area contributed by atoms with Crippen molar-refractivity contribution in [3.05, 3.63) is 58.9 Å². The van der Waals surface area contributed by atoms with E-state index in [0.29, 0.717) is 0 Å². The molecule has 1 heterocycles. The molecule has 1 N–H and O–H groups in total. The summed E-state index contributed by atoms with van der Waals surface area (Å²) in [6.07, 6.45) is 3.62. The number of anilines is 1. The zero-order valence-electron chi connectivity index (χ0n) is 9.07. The smallest absolute Gasteiger partial charge is 0.0455 e. The number of hydrogen-bond acceptors (Lipinski definition) is 2. The summed E-state index contributed by atoms with van der Waals surface area (Å²) in [7, 11) is 0. The van der Waals surface area contributed by atoms with E-state index in [1.165, 1.54) is 0 Å². The lowest BCUT2D eigenvalue weighted by molar-refractivity contribution is 1.13. The summed E-state index contributed by atoms with van der Waals surface area (Å²) in [5.41, 5.74) is 3.32. The molecule has 16 heavy (non-hydrogen) atoms. The summed E-state index contributed by atoms with van der Waals surface area (Å²) in [6, 6.07) is 9.81. The molecule has 0 aliphatic carbocycles. The highest BCUT2D eigenvalue weighted by molar-refractivity contribution is 6.31. The molecule has 2 rings (SSSR count). The lowest BCUT2D eigenvalue weighted by Crippen LogP contribution is -2.01. The maximum atomic E-state index is 6.08. The number of benzene rings is 1. The summed E-state index contributed by atoms with van der Waals surface area (Å²) in [5.74, 6) is 0. The Kier molecular flexibility index (Phi) is 3.42. The molecule has 3 heteroatoms. The zero-order chi connectivity index (χ0) is 11.4. The molecule has 0 radical (unpaired) electrons. The molecule has 1 aromatic carbocycles. The summed E-state index contributed by atoms with van der Waals surface area (Å²) >= 11 is 6.08. The Hall–Kier alpha value is -1.54. The van der Waals surface area contributed by atoms with Crippen LogP contribution in [-0.4, -0.2) is 4.98 Å². The first-order valence-electron chi connectivity index (χ1n) is 5.15. The molecule has 0 aliphatic heterocycles. The van der Waals surface area contributed by atoms with Crippen LogP contribution in [-0.2, 0) is 6.54 Å². The number of nitrogens with zero attached hydrogens (tertiary/aromatic N) is 1. The van der Waals surface area contributed by atoms with Crippen molar-refractivity contribution < 1.29 is 0 Å². The van der Waals surface area contributed by atoms with Gasteiger partial charge in [0.15, 0.2) is 0 Å². The van der Waals surface area contributed by atoms with E-state index in [1.54, 1.807) is 6.20 Å². The lowest BCUT2D eigenvalue weighted by Gasteiger charge is -2.09. The number of pyridine rings is 1. The number of rotatable bonds is 3. The summed E-state index contributed by atoms with van der Waals surface area (Å²) in [6.45, 7) is 2.76. The summed E-state index contributed by atoms with van der Waals surface area (Å²) in [4.78, 5) is 4.05. The highest BCUT2D eigenvalue weighted by atomic mass is 35.5. The van der Waals surface area contributed by atoms with Crippen LogP contribution in [0.4, 0.5) is 5.69 Å². The molecule has 82 valence electrons. The van der Waals surface area contributed by atoms with Gasteiger partial charge in [-0.05, 0) is 30.2 Å². The molecule has 0 atom stereocenters. The molecule has 0 amide bonds. The van der Waals surface area contributed by atoms with E-state index in [1.807, 2.05) is 43.5 Å². The first kappa shape index (κ1) is 11.0. The fourth-order valence-electron chi connectivity index (χ4n) is 1.50. The van der Waals surface area contributed by atoms with E-state index in [9.17, 15) is 0 Å². The van der Waals surface area contributed by atoms with Gasteiger partial charge >= 0.3 is 0 Å². The molecule has 0 saturated carbocycles. The Morgan fingerprint density at radius 1 is 1.25 bits per heavy atom. The molecule has 0 fully saturated rings. The van der Waals surface area contributed by atoms with E-state index >= 15 is 0 Å². The molecule has 1 aromatic heterocycles. The van der Waals surface area contributed by atoms with Gasteiger partial charge in [-0.25, -0.2) is 0 Å². The standard InChI is InChI=1S/C13H13ClN2/c1-10-8-15-7-6-13(10)16-9-11-4-2-3-5-12(11)14/h2-8H,9H2,1H3,(H,15,16). The van der Waals surface area contributed by atoms with Crippen LogP contribution in [0.3, 0.4) is 0 Å². The second-order valence-corrected chi connectivity index (χ2v) is 4.04. The quantitative estimate of drug-likeness (QED) is 0.874. The van der Waals surface area contributed by atoms with Gasteiger partial charge in [0, 0.05) is 29.6 Å². The highest BCUT2D eigenvalue weighted by Gasteiger charge is 2.00. The van der Waals surface area contributed by atoms with Crippen molar-refractivity contribution >= 4 is 17.3 Å². The van der Waals surface area contributed by atoms with E-state index < -0.39 is 0 Å². The van der Waals surface area contributed by atoms with Gasteiger partial charge < -0.3 is 5.32 Å². The van der Waals surface area contributed by atoms with E-state index in [-0.39, 0.29) is 0 Å². The molecule has 0 saturated heterocycles. The van der Waals surface area contributed by atoms with Crippen LogP contribution >= 0.6 is 11.6 Å². The monoisotopic (exact) mass is 232 g/mol. The van der Waals surface area contributed by atoms with Gasteiger partial charge in [-0.3, -0.25) is 4.98 Å². The van der Waals surface area contributed by atoms with Gasteiger partial charge in [0.25, 0.3) is 0 Å². The van der Waals surface area contributed by atoms with E-state index in [2.05, 4.69) is 10.3 Å². The summed E-state index contributed by atoms with van der Waals surface area (Å²) in [5, 5.41) is 4.14. The van der Waals surface area contributed by atoms with Gasteiger partial charge in [-0.15, -0.1) is 0 Å². The fraction of sp³-hybridized carbons (Fsp3) is 0.154. The van der Waals surface area contributed by atoms with Crippen LogP contribution in [0, 0.1) is 6.92 Å². The first-order chi connectivity index (χ1) is 7.77. The van der Waals surface area contributed by atoms with E-state index in [4.69, 9.17) is 11.6 Å². The van der Waals surface area contributed by atoms with Crippen molar-refractivity contribution in [1.29, 1.82) is 0 Å². The molecular formula is C13H13ClN2. The van der Waals surface area contributed by atoms with Crippen molar-refractivity contribution in [2.24, 2.45) is 0 Å². The Labute approximate surface area is 100 Å². The van der Waals surface area contributed by atoms with Crippen molar-refractivity contribution in [3.8, 4) is 0 Å². The second-order valence-electron chi connectivity index (χ2n) is 3.64. The van der Waals surface area contributed by atoms with Crippen LogP contribution < -0.4 is 5.32 Å². The lowest BCUT2D eigenvalue weighted by atomic mass is 10.2. The molecule has 0 bridgehead atoms. The third-order valence-electron chi connectivity index (χ3n) is 2.45. The highest BCUT2D eigenvalue weighted by Crippen LogP contribution is 2.18. The summed E-state index contributed by atoms with van der Waals surface area (Å²) < 4.78 is 0. The maximum Gasteiger partial charge on any atom is 0.0455 e. The predicted octanol–water partition coefficient (Wildman–Crippen LogP) is 3.66. The number of halogens is 1. The first-order valence-corrected chi connectivity index (χ1v) is 5.53. The number of aromatic nitrogens is 1. The predicted molar refractivity (Wildman–Crippen MR) is 67.8 cm³/mol. The van der Waals surface area contributed by atoms with Crippen LogP contribution in [0.15, 0.2) is 42.7 Å². The molecule has 0 spiro atoms. The Morgan fingerprint density at radius 2 is 2.06 bits per heavy atom. The van der Waals surface area contributed by atoms with Crippen LogP contribution in [0.1, 0.15) is 11.1 Å². The SMILES string of the molecule is Cc1cnccc1NCc1ccccc1Cl. The normalized spacial score (nSPS) is 10.1. The van der Waals surface area contributed by atoms with Crippen LogP contribution in [0.2, 0.25) is 5.02 Å². The molecular weight excluding hydrogens is 220 g/mol. The third kappa shape index (κ3) is 2.52. The molecule has 2 aromatic rings. The average molecular weight is 233 g/mol. The molecule has 0 unspecified atom stereocenters. The second kappa shape index (κ2) is 4.99. The van der Waals surface area contributed by atoms with Crippen LogP contribution in [0.5, 0.6) is 0 Å².